The van der Waals surface area contributed by atoms with Crippen LogP contribution in [0, 0.1) is 0 Å². The lowest BCUT2D eigenvalue weighted by Gasteiger charge is -2.12. The number of benzene rings is 2. The van der Waals surface area contributed by atoms with Crippen molar-refractivity contribution in [2.45, 2.75) is 6.92 Å². The molecule has 146 valence electrons. The van der Waals surface area contributed by atoms with Crippen molar-refractivity contribution in [3.05, 3.63) is 94.0 Å². The van der Waals surface area contributed by atoms with Gasteiger partial charge < -0.3 is 15.1 Å². The highest BCUT2D eigenvalue weighted by molar-refractivity contribution is 9.10. The maximum absolute atomic E-state index is 12.8. The zero-order valence-corrected chi connectivity index (χ0v) is 17.0. The monoisotopic (exact) mass is 452 g/mol. The summed E-state index contributed by atoms with van der Waals surface area (Å²) >= 11 is 3.33. The van der Waals surface area contributed by atoms with Crippen molar-refractivity contribution in [3.8, 4) is 0 Å². The summed E-state index contributed by atoms with van der Waals surface area (Å²) < 4.78 is 5.87. The van der Waals surface area contributed by atoms with Crippen molar-refractivity contribution in [1.29, 1.82) is 0 Å². The standard InChI is InChI=1S/C22H17BrN2O4/c1-14(26)15-8-10-16(11-9-15)24-22(28)20(13-17-5-4-12-29-17)25-21(27)18-6-2-3-7-19(18)23/h2-13H,1H3,(H,24,28)(H,25,27)/b20-13+. The minimum atomic E-state index is -0.530. The quantitative estimate of drug-likeness (QED) is 0.420. The fourth-order valence-corrected chi connectivity index (χ4v) is 2.96. The first-order chi connectivity index (χ1) is 13.9. The van der Waals surface area contributed by atoms with Gasteiger partial charge in [0, 0.05) is 21.8 Å². The number of anilines is 1. The average molecular weight is 453 g/mol. The number of amides is 2. The third-order valence-corrected chi connectivity index (χ3v) is 4.68. The minimum absolute atomic E-state index is 0.0105. The maximum Gasteiger partial charge on any atom is 0.272 e. The fourth-order valence-electron chi connectivity index (χ4n) is 2.50. The van der Waals surface area contributed by atoms with Gasteiger partial charge in [0.25, 0.3) is 11.8 Å². The second kappa shape index (κ2) is 9.16. The smallest absolute Gasteiger partial charge is 0.272 e. The van der Waals surface area contributed by atoms with Crippen molar-refractivity contribution >= 4 is 45.3 Å². The lowest BCUT2D eigenvalue weighted by molar-refractivity contribution is -0.113. The molecule has 0 saturated carbocycles. The molecule has 0 aliphatic heterocycles. The topological polar surface area (TPSA) is 88.4 Å². The van der Waals surface area contributed by atoms with Crippen LogP contribution in [-0.4, -0.2) is 17.6 Å². The van der Waals surface area contributed by atoms with Gasteiger partial charge in [-0.05, 0) is 71.4 Å². The number of furan rings is 1. The summed E-state index contributed by atoms with van der Waals surface area (Å²) in [5, 5.41) is 5.33. The molecule has 0 unspecified atom stereocenters. The van der Waals surface area contributed by atoms with Crippen molar-refractivity contribution < 1.29 is 18.8 Å². The van der Waals surface area contributed by atoms with Crippen LogP contribution in [0.15, 0.2) is 81.5 Å². The Labute approximate surface area is 175 Å². The number of ketones is 1. The highest BCUT2D eigenvalue weighted by Crippen LogP contribution is 2.17. The predicted molar refractivity (Wildman–Crippen MR) is 113 cm³/mol. The summed E-state index contributed by atoms with van der Waals surface area (Å²) in [6, 6.07) is 16.7. The normalized spacial score (nSPS) is 11.0. The van der Waals surface area contributed by atoms with Crippen LogP contribution in [0.25, 0.3) is 6.08 Å². The van der Waals surface area contributed by atoms with Crippen LogP contribution in [-0.2, 0) is 4.79 Å². The highest BCUT2D eigenvalue weighted by atomic mass is 79.9. The molecule has 1 aromatic heterocycles. The molecule has 7 heteroatoms. The van der Waals surface area contributed by atoms with E-state index in [1.165, 1.54) is 19.3 Å². The molecular formula is C22H17BrN2O4. The number of carbonyl (C=O) groups is 3. The molecule has 2 N–H and O–H groups in total. The van der Waals surface area contributed by atoms with Crippen molar-refractivity contribution in [2.24, 2.45) is 0 Å². The number of rotatable bonds is 6. The van der Waals surface area contributed by atoms with E-state index in [1.807, 2.05) is 0 Å². The van der Waals surface area contributed by atoms with E-state index in [1.54, 1.807) is 60.7 Å². The van der Waals surface area contributed by atoms with Gasteiger partial charge in [0.1, 0.15) is 11.5 Å². The molecular weight excluding hydrogens is 436 g/mol. The Morgan fingerprint density at radius 3 is 2.31 bits per heavy atom. The third-order valence-electron chi connectivity index (χ3n) is 3.99. The maximum atomic E-state index is 12.8. The molecule has 6 nitrogen and oxygen atoms in total. The Hall–Kier alpha value is -3.45. The Morgan fingerprint density at radius 2 is 1.69 bits per heavy atom. The van der Waals surface area contributed by atoms with E-state index in [-0.39, 0.29) is 11.5 Å². The summed E-state index contributed by atoms with van der Waals surface area (Å²) in [6.45, 7) is 1.47. The van der Waals surface area contributed by atoms with Gasteiger partial charge >= 0.3 is 0 Å². The Kier molecular flexibility index (Phi) is 6.41. The third kappa shape index (κ3) is 5.30. The highest BCUT2D eigenvalue weighted by Gasteiger charge is 2.17. The van der Waals surface area contributed by atoms with Gasteiger partial charge in [-0.3, -0.25) is 14.4 Å². The molecule has 2 aromatic carbocycles. The van der Waals surface area contributed by atoms with Gasteiger partial charge in [-0.15, -0.1) is 0 Å². The molecule has 1 heterocycles. The first kappa shape index (κ1) is 20.3. The number of Topliss-reactive ketones (excluding diaryl/α,β-unsaturated/α-hetero) is 1. The summed E-state index contributed by atoms with van der Waals surface area (Å²) in [6.07, 6.45) is 2.91. The number of hydrogen-bond acceptors (Lipinski definition) is 4. The summed E-state index contributed by atoms with van der Waals surface area (Å²) in [5.74, 6) is -0.633. The number of nitrogens with one attached hydrogen (secondary N) is 2. The zero-order valence-electron chi connectivity index (χ0n) is 15.4. The Balaban J connectivity index is 1.83. The molecule has 3 aromatic rings. The van der Waals surface area contributed by atoms with Crippen molar-refractivity contribution in [1.82, 2.24) is 5.32 Å². The van der Waals surface area contributed by atoms with Crippen LogP contribution in [0.3, 0.4) is 0 Å². The van der Waals surface area contributed by atoms with E-state index >= 15 is 0 Å². The second-order valence-corrected chi connectivity index (χ2v) is 6.95. The van der Waals surface area contributed by atoms with Gasteiger partial charge in [0.15, 0.2) is 5.78 Å². The molecule has 0 aliphatic rings. The number of halogens is 1. The summed E-state index contributed by atoms with van der Waals surface area (Å²) in [7, 11) is 0. The van der Waals surface area contributed by atoms with Crippen LogP contribution < -0.4 is 10.6 Å². The Bertz CT molecular complexity index is 1070. The van der Waals surface area contributed by atoms with Gasteiger partial charge in [-0.1, -0.05) is 12.1 Å². The first-order valence-corrected chi connectivity index (χ1v) is 9.47. The lowest BCUT2D eigenvalue weighted by atomic mass is 10.1. The molecule has 0 radical (unpaired) electrons. The van der Waals surface area contributed by atoms with E-state index < -0.39 is 11.8 Å². The Morgan fingerprint density at radius 1 is 0.966 bits per heavy atom. The van der Waals surface area contributed by atoms with E-state index in [2.05, 4.69) is 26.6 Å². The molecule has 3 rings (SSSR count). The van der Waals surface area contributed by atoms with Crippen molar-refractivity contribution in [2.75, 3.05) is 5.32 Å². The molecule has 2 amide bonds. The predicted octanol–water partition coefficient (Wildman–Crippen LogP) is 4.65. The van der Waals surface area contributed by atoms with Crippen LogP contribution >= 0.6 is 15.9 Å². The van der Waals surface area contributed by atoms with Crippen LogP contribution in [0.1, 0.15) is 33.4 Å². The molecule has 0 atom stereocenters. The minimum Gasteiger partial charge on any atom is -0.465 e. The van der Waals surface area contributed by atoms with E-state index in [0.717, 1.165) is 0 Å². The summed E-state index contributed by atoms with van der Waals surface area (Å²) in [4.78, 5) is 36.8. The SMILES string of the molecule is CC(=O)c1ccc(NC(=O)/C(=C\c2ccco2)NC(=O)c2ccccc2Br)cc1. The molecule has 0 aliphatic carbocycles. The van der Waals surface area contributed by atoms with Gasteiger partial charge in [0.05, 0.1) is 11.8 Å². The number of carbonyl (C=O) groups excluding carboxylic acids is 3. The number of hydrogen-bond donors (Lipinski definition) is 2. The van der Waals surface area contributed by atoms with Crippen LogP contribution in [0.2, 0.25) is 0 Å². The largest absolute Gasteiger partial charge is 0.465 e. The van der Waals surface area contributed by atoms with E-state index in [9.17, 15) is 14.4 Å². The van der Waals surface area contributed by atoms with E-state index in [0.29, 0.717) is 27.0 Å². The van der Waals surface area contributed by atoms with Gasteiger partial charge in [-0.2, -0.15) is 0 Å². The van der Waals surface area contributed by atoms with Crippen LogP contribution in [0.4, 0.5) is 5.69 Å². The van der Waals surface area contributed by atoms with Crippen molar-refractivity contribution in [3.63, 3.8) is 0 Å². The van der Waals surface area contributed by atoms with Gasteiger partial charge in [-0.25, -0.2) is 0 Å². The zero-order chi connectivity index (χ0) is 20.8. The van der Waals surface area contributed by atoms with Gasteiger partial charge in [0.2, 0.25) is 0 Å². The second-order valence-electron chi connectivity index (χ2n) is 6.10. The first-order valence-electron chi connectivity index (χ1n) is 8.67. The van der Waals surface area contributed by atoms with E-state index in [4.69, 9.17) is 4.42 Å². The fraction of sp³-hybridized carbons (Fsp3) is 0.0455. The summed E-state index contributed by atoms with van der Waals surface area (Å²) in [5.41, 5.74) is 1.42. The molecule has 0 saturated heterocycles. The molecule has 0 fully saturated rings. The van der Waals surface area contributed by atoms with Crippen LogP contribution in [0.5, 0.6) is 0 Å². The molecule has 0 bridgehead atoms. The lowest BCUT2D eigenvalue weighted by Crippen LogP contribution is -2.31. The molecule has 0 spiro atoms. The molecule has 29 heavy (non-hydrogen) atoms. The average Bonchev–Trinajstić information content (AvgIpc) is 3.21.